The summed E-state index contributed by atoms with van der Waals surface area (Å²) in [6.45, 7) is 0. The van der Waals surface area contributed by atoms with Crippen molar-refractivity contribution in [1.29, 1.82) is 0 Å². The minimum atomic E-state index is -1.43. The molecule has 1 aromatic heterocycles. The highest BCUT2D eigenvalue weighted by Gasteiger charge is 2.28. The molecule has 0 amide bonds. The normalized spacial score (nSPS) is 11.1. The number of methoxy groups -OCH3 is 1. The summed E-state index contributed by atoms with van der Waals surface area (Å²) in [4.78, 5) is 24.1. The fraction of sp³-hybridized carbons (Fsp3) is 0.0526. The molecule has 0 aliphatic rings. The molecule has 1 heterocycles. The number of phenols is 2. The lowest BCUT2D eigenvalue weighted by Crippen LogP contribution is -2.06. The van der Waals surface area contributed by atoms with Crippen molar-refractivity contribution in [2.45, 2.75) is 0 Å². The Labute approximate surface area is 147 Å². The zero-order valence-corrected chi connectivity index (χ0v) is 13.6. The monoisotopic (exact) mass is 354 g/mol. The zero-order valence-electron chi connectivity index (χ0n) is 13.6. The number of ether oxygens (including phenoxy) is 1. The number of carbonyl (C=O) groups excluding carboxylic acids is 1. The molecule has 132 valence electrons. The van der Waals surface area contributed by atoms with Crippen LogP contribution in [0.2, 0.25) is 0 Å². The number of allylic oxidation sites excluding steroid dienone is 1. The van der Waals surface area contributed by atoms with Crippen molar-refractivity contribution in [3.05, 3.63) is 59.4 Å². The molecule has 7 nitrogen and oxygen atoms in total. The number of fused-ring (bicyclic) bond motifs is 1. The number of phenolic OH excluding ortho intramolecular Hbond substituents is 1. The number of carbonyl (C=O) groups is 2. The van der Waals surface area contributed by atoms with E-state index in [1.165, 1.54) is 37.6 Å². The van der Waals surface area contributed by atoms with Gasteiger partial charge in [-0.2, -0.15) is 0 Å². The van der Waals surface area contributed by atoms with Crippen molar-refractivity contribution in [3.8, 4) is 17.2 Å². The first-order valence-corrected chi connectivity index (χ1v) is 7.49. The number of ketones is 1. The molecule has 2 aromatic carbocycles. The second-order valence-electron chi connectivity index (χ2n) is 5.39. The van der Waals surface area contributed by atoms with E-state index in [9.17, 15) is 24.9 Å². The van der Waals surface area contributed by atoms with E-state index in [4.69, 9.17) is 9.15 Å². The first kappa shape index (κ1) is 17.1. The fourth-order valence-corrected chi connectivity index (χ4v) is 2.68. The van der Waals surface area contributed by atoms with E-state index in [0.29, 0.717) is 5.56 Å². The summed E-state index contributed by atoms with van der Waals surface area (Å²) in [5.41, 5.74) is -0.324. The van der Waals surface area contributed by atoms with Crippen molar-refractivity contribution >= 4 is 28.8 Å². The molecule has 0 spiro atoms. The standard InChI is InChI=1S/C19H14O7/c1-25-17-12-7-8-26-18(12)15(19(23)24)16(22)14(17)13(21)6-5-10-3-2-4-11(20)9-10/h2-9,20,22H,1H3,(H,23,24)/b6-5+. The van der Waals surface area contributed by atoms with E-state index in [2.05, 4.69) is 0 Å². The number of furan rings is 1. The Kier molecular flexibility index (Phi) is 4.36. The van der Waals surface area contributed by atoms with E-state index in [1.54, 1.807) is 12.1 Å². The number of hydrogen-bond acceptors (Lipinski definition) is 6. The van der Waals surface area contributed by atoms with E-state index < -0.39 is 23.1 Å². The Morgan fingerprint density at radius 3 is 2.58 bits per heavy atom. The SMILES string of the molecule is COc1c(C(=O)/C=C/c2cccc(O)c2)c(O)c(C(=O)O)c2occc12. The van der Waals surface area contributed by atoms with Gasteiger partial charge in [0.05, 0.1) is 18.8 Å². The van der Waals surface area contributed by atoms with E-state index >= 15 is 0 Å². The third kappa shape index (κ3) is 2.86. The highest BCUT2D eigenvalue weighted by Crippen LogP contribution is 2.41. The van der Waals surface area contributed by atoms with Gasteiger partial charge in [-0.15, -0.1) is 0 Å². The highest BCUT2D eigenvalue weighted by atomic mass is 16.5. The first-order valence-electron chi connectivity index (χ1n) is 7.49. The van der Waals surface area contributed by atoms with Gasteiger partial charge < -0.3 is 24.5 Å². The Bertz CT molecular complexity index is 1040. The number of rotatable bonds is 5. The largest absolute Gasteiger partial charge is 0.508 e. The van der Waals surface area contributed by atoms with Crippen LogP contribution in [0, 0.1) is 0 Å². The number of hydrogen-bond donors (Lipinski definition) is 3. The molecule has 0 saturated heterocycles. The average molecular weight is 354 g/mol. The van der Waals surface area contributed by atoms with Crippen molar-refractivity contribution in [3.63, 3.8) is 0 Å². The molecule has 0 radical (unpaired) electrons. The molecule has 0 fully saturated rings. The van der Waals surface area contributed by atoms with Gasteiger partial charge in [0.1, 0.15) is 28.4 Å². The molecule has 0 atom stereocenters. The molecule has 26 heavy (non-hydrogen) atoms. The maximum atomic E-state index is 12.6. The Balaban J connectivity index is 2.15. The van der Waals surface area contributed by atoms with Crippen LogP contribution < -0.4 is 4.74 Å². The van der Waals surface area contributed by atoms with Gasteiger partial charge in [0, 0.05) is 0 Å². The van der Waals surface area contributed by atoms with Crippen LogP contribution in [0.25, 0.3) is 17.0 Å². The third-order valence-electron chi connectivity index (χ3n) is 3.80. The van der Waals surface area contributed by atoms with Crippen LogP contribution in [-0.4, -0.2) is 34.2 Å². The quantitative estimate of drug-likeness (QED) is 0.474. The van der Waals surface area contributed by atoms with Crippen molar-refractivity contribution < 1.29 is 34.1 Å². The van der Waals surface area contributed by atoms with Gasteiger partial charge in [-0.3, -0.25) is 4.79 Å². The second-order valence-corrected chi connectivity index (χ2v) is 5.39. The molecule has 7 heteroatoms. The van der Waals surface area contributed by atoms with Crippen molar-refractivity contribution in [2.24, 2.45) is 0 Å². The van der Waals surface area contributed by atoms with Gasteiger partial charge in [-0.25, -0.2) is 4.79 Å². The smallest absolute Gasteiger partial charge is 0.343 e. The molecule has 0 bridgehead atoms. The topological polar surface area (TPSA) is 117 Å². The van der Waals surface area contributed by atoms with Crippen LogP contribution in [0.15, 0.2) is 47.1 Å². The molecule has 3 N–H and O–H groups in total. The van der Waals surface area contributed by atoms with Crippen LogP contribution in [0.5, 0.6) is 17.2 Å². The molecule has 3 rings (SSSR count). The number of benzene rings is 2. The fourth-order valence-electron chi connectivity index (χ4n) is 2.68. The Hall–Kier alpha value is -3.74. The Morgan fingerprint density at radius 1 is 1.15 bits per heavy atom. The van der Waals surface area contributed by atoms with Crippen LogP contribution >= 0.6 is 0 Å². The maximum absolute atomic E-state index is 12.6. The predicted octanol–water partition coefficient (Wildman–Crippen LogP) is 3.45. The summed E-state index contributed by atoms with van der Waals surface area (Å²) < 4.78 is 10.4. The molecule has 0 unspecified atom stereocenters. The molecular formula is C19H14O7. The maximum Gasteiger partial charge on any atom is 0.343 e. The third-order valence-corrected chi connectivity index (χ3v) is 3.80. The van der Waals surface area contributed by atoms with Crippen LogP contribution in [-0.2, 0) is 0 Å². The van der Waals surface area contributed by atoms with Crippen LogP contribution in [0.3, 0.4) is 0 Å². The van der Waals surface area contributed by atoms with Gasteiger partial charge in [-0.1, -0.05) is 18.2 Å². The van der Waals surface area contributed by atoms with E-state index in [1.807, 2.05) is 0 Å². The summed E-state index contributed by atoms with van der Waals surface area (Å²) in [6.07, 6.45) is 3.83. The molecule has 3 aromatic rings. The van der Waals surface area contributed by atoms with E-state index in [0.717, 1.165) is 6.08 Å². The minimum absolute atomic E-state index is 0.0156. The average Bonchev–Trinajstić information content (AvgIpc) is 3.07. The second kappa shape index (κ2) is 6.64. The summed E-state index contributed by atoms with van der Waals surface area (Å²) in [6, 6.07) is 7.67. The number of carboxylic acid groups (broad SMARTS) is 1. The van der Waals surface area contributed by atoms with E-state index in [-0.39, 0.29) is 28.0 Å². The van der Waals surface area contributed by atoms with Gasteiger partial charge in [0.15, 0.2) is 11.4 Å². The predicted molar refractivity (Wildman–Crippen MR) is 92.9 cm³/mol. The molecule has 0 aliphatic heterocycles. The highest BCUT2D eigenvalue weighted by molar-refractivity contribution is 6.18. The molecule has 0 aliphatic carbocycles. The Morgan fingerprint density at radius 2 is 1.92 bits per heavy atom. The summed E-state index contributed by atoms with van der Waals surface area (Å²) in [5.74, 6) is -2.78. The van der Waals surface area contributed by atoms with Gasteiger partial charge in [0.25, 0.3) is 0 Å². The summed E-state index contributed by atoms with van der Waals surface area (Å²) in [7, 11) is 1.30. The molecular weight excluding hydrogens is 340 g/mol. The minimum Gasteiger partial charge on any atom is -0.508 e. The summed E-state index contributed by atoms with van der Waals surface area (Å²) >= 11 is 0. The van der Waals surface area contributed by atoms with Crippen molar-refractivity contribution in [2.75, 3.05) is 7.11 Å². The molecule has 0 saturated carbocycles. The van der Waals surface area contributed by atoms with Crippen LogP contribution in [0.1, 0.15) is 26.3 Å². The first-order chi connectivity index (χ1) is 12.4. The number of aromatic carboxylic acids is 1. The number of aromatic hydroxyl groups is 2. The van der Waals surface area contributed by atoms with Gasteiger partial charge in [0.2, 0.25) is 0 Å². The zero-order chi connectivity index (χ0) is 18.8. The lowest BCUT2D eigenvalue weighted by atomic mass is 9.99. The van der Waals surface area contributed by atoms with Gasteiger partial charge >= 0.3 is 5.97 Å². The lowest BCUT2D eigenvalue weighted by molar-refractivity contribution is 0.0694. The lowest BCUT2D eigenvalue weighted by Gasteiger charge is -2.12. The van der Waals surface area contributed by atoms with Gasteiger partial charge in [-0.05, 0) is 29.8 Å². The van der Waals surface area contributed by atoms with Crippen LogP contribution in [0.4, 0.5) is 0 Å². The number of carboxylic acids is 1. The van der Waals surface area contributed by atoms with Crippen molar-refractivity contribution in [1.82, 2.24) is 0 Å². The summed E-state index contributed by atoms with van der Waals surface area (Å²) in [5, 5.41) is 29.5.